The molecule has 20 nitrogen and oxygen atoms in total. The molecule has 11 aromatic rings. The number of imidazole rings is 2. The Morgan fingerprint density at radius 1 is 0.649 bits per heavy atom. The third-order valence-corrected chi connectivity index (χ3v) is 18.0. The van der Waals surface area contributed by atoms with Crippen LogP contribution in [-0.4, -0.2) is 108 Å². The van der Waals surface area contributed by atoms with Gasteiger partial charge in [0.25, 0.3) is 11.8 Å². The van der Waals surface area contributed by atoms with Gasteiger partial charge in [0.2, 0.25) is 0 Å². The first-order valence-electron chi connectivity index (χ1n) is 32.5. The molecule has 1 saturated heterocycles. The van der Waals surface area contributed by atoms with Crippen molar-refractivity contribution >= 4 is 39.7 Å². The highest BCUT2D eigenvalue weighted by Crippen LogP contribution is 2.38. The van der Waals surface area contributed by atoms with Gasteiger partial charge in [-0.15, -0.1) is 0 Å². The van der Waals surface area contributed by atoms with E-state index in [9.17, 15) is 14.4 Å². The van der Waals surface area contributed by atoms with Crippen LogP contribution < -0.4 is 10.6 Å². The fraction of sp³-hybridized carbons (Fsp3) is 0.311. The lowest BCUT2D eigenvalue weighted by Gasteiger charge is -2.27. The summed E-state index contributed by atoms with van der Waals surface area (Å²) in [6.45, 7) is 21.6. The fourth-order valence-electron chi connectivity index (χ4n) is 12.8. The molecule has 0 aliphatic carbocycles. The molecule has 3 amide bonds. The average Bonchev–Trinajstić information content (AvgIpc) is 1.60. The highest BCUT2D eigenvalue weighted by atomic mass is 16.6. The van der Waals surface area contributed by atoms with Crippen LogP contribution in [-0.2, 0) is 61.8 Å². The first-order valence-corrected chi connectivity index (χ1v) is 32.5. The Bertz CT molecular complexity index is 4510. The number of hydrogen-bond donors (Lipinski definition) is 5. The third kappa shape index (κ3) is 13.3. The minimum atomic E-state index is -0.581. The summed E-state index contributed by atoms with van der Waals surface area (Å²) in [4.78, 5) is 69.7. The second kappa shape index (κ2) is 27.2. The number of hydrogen-bond acceptors (Lipinski definition) is 13. The van der Waals surface area contributed by atoms with Crippen molar-refractivity contribution in [1.29, 1.82) is 0 Å². The minimum Gasteiger partial charge on any atom is -0.444 e. The Balaban J connectivity index is 0.000000155. The highest BCUT2D eigenvalue weighted by molar-refractivity contribution is 5.98. The Labute approximate surface area is 546 Å². The summed E-state index contributed by atoms with van der Waals surface area (Å²) in [6, 6.07) is 37.3. The number of pyridine rings is 2. The number of carbonyl (C=O) groups excluding carboxylic acids is 3. The molecule has 1 atom stereocenters. The number of aromatic nitrogens is 10. The van der Waals surface area contributed by atoms with Gasteiger partial charge in [-0.25, -0.2) is 19.4 Å². The second-order valence-electron chi connectivity index (χ2n) is 25.4. The van der Waals surface area contributed by atoms with Crippen molar-refractivity contribution in [3.05, 3.63) is 213 Å². The number of amides is 3. The van der Waals surface area contributed by atoms with Crippen LogP contribution in [0.1, 0.15) is 137 Å². The third-order valence-electron chi connectivity index (χ3n) is 18.0. The van der Waals surface area contributed by atoms with Crippen LogP contribution in [0, 0.1) is 13.8 Å². The van der Waals surface area contributed by atoms with Crippen molar-refractivity contribution < 1.29 is 23.9 Å². The quantitative estimate of drug-likeness (QED) is 0.0724. The number of fused-ring (bicyclic) bond motifs is 5. The molecule has 0 spiro atoms. The SMILES string of the molecule is CCN(Cc1cncc(-c2ccc3c(c2)c(-c2ncc(C(=O)N4Cc5ccccc5C4)[nH]2)nn3C2CCCCO2)c1C)C(=O)OC(C)(C)C.CCNCc1cncc(-c2ccc3[nH]nc(-c4ncc(C(=O)N5Cc6ccccc6C5)[nH]4)c3c2)c1C.c1ccc2c(c1)CNC2. The normalized spacial score (nSPS) is 14.9. The van der Waals surface area contributed by atoms with Crippen LogP contribution in [0.3, 0.4) is 0 Å². The van der Waals surface area contributed by atoms with Crippen molar-refractivity contribution in [2.45, 2.75) is 132 Å². The molecular formula is C74H79N15O5. The lowest BCUT2D eigenvalue weighted by atomic mass is 9.97. The zero-order valence-electron chi connectivity index (χ0n) is 54.3. The molecule has 15 rings (SSSR count). The maximum Gasteiger partial charge on any atom is 0.410 e. The molecule has 1 fully saturated rings. The molecule has 10 heterocycles. The van der Waals surface area contributed by atoms with Crippen molar-refractivity contribution in [3.63, 3.8) is 0 Å². The van der Waals surface area contributed by atoms with E-state index >= 15 is 0 Å². The lowest BCUT2D eigenvalue weighted by molar-refractivity contribution is -0.0365. The lowest BCUT2D eigenvalue weighted by Crippen LogP contribution is -2.36. The van der Waals surface area contributed by atoms with E-state index in [1.54, 1.807) is 17.3 Å². The molecule has 480 valence electrons. The van der Waals surface area contributed by atoms with Crippen LogP contribution in [0.4, 0.5) is 4.79 Å². The van der Waals surface area contributed by atoms with E-state index < -0.39 is 5.60 Å². The summed E-state index contributed by atoms with van der Waals surface area (Å²) in [5.41, 5.74) is 19.5. The molecule has 0 radical (unpaired) electrons. The summed E-state index contributed by atoms with van der Waals surface area (Å²) in [5, 5.41) is 21.2. The first kappa shape index (κ1) is 62.6. The predicted octanol–water partition coefficient (Wildman–Crippen LogP) is 13.3. The van der Waals surface area contributed by atoms with Gasteiger partial charge in [0.05, 0.1) is 30.0 Å². The molecule has 0 saturated carbocycles. The number of H-pyrrole nitrogens is 3. The molecule has 1 unspecified atom stereocenters. The second-order valence-corrected chi connectivity index (χ2v) is 25.4. The zero-order valence-corrected chi connectivity index (χ0v) is 54.3. The molecule has 4 aliphatic heterocycles. The molecule has 4 aliphatic rings. The summed E-state index contributed by atoms with van der Waals surface area (Å²) in [6.07, 6.45) is 13.1. The van der Waals surface area contributed by atoms with Gasteiger partial charge in [-0.05, 0) is 158 Å². The van der Waals surface area contributed by atoms with Gasteiger partial charge in [-0.3, -0.25) is 24.7 Å². The Kier molecular flexibility index (Phi) is 18.1. The zero-order chi connectivity index (χ0) is 65.0. The standard InChI is InChI=1S/C38H43N7O4.C28H27N7O.C8H9N/c1-6-43(37(47)49-38(3,4)5)23-28-18-39-19-30(24(28)2)25-14-15-32-29(17-25)34(42-45(32)33-13-9-10-16-48-33)35-40-20-31(41-35)36(46)44-21-26-11-7-8-12-27(26)22-44;1-3-29-11-21-12-30-13-23(17(21)2)18-8-9-24-22(10-18)26(34-33-24)27-31-14-25(32-27)28(36)35-15-19-6-4-5-7-20(19)16-35;1-2-4-8-6-9-5-7(8)3-1/h7-8,11-12,14-15,17-20,33H,6,9-10,13,16,21-23H2,1-5H3,(H,40,41);4-10,12-14,29H,3,11,15-16H2,1-2H3,(H,31,32)(H,33,34);1-4,9H,5-6H2. The number of nitrogens with one attached hydrogen (secondary N) is 5. The van der Waals surface area contributed by atoms with Crippen LogP contribution in [0.25, 0.3) is 67.1 Å². The summed E-state index contributed by atoms with van der Waals surface area (Å²) in [5.74, 6) is 0.927. The Morgan fingerprint density at radius 3 is 1.74 bits per heavy atom. The summed E-state index contributed by atoms with van der Waals surface area (Å²) < 4.78 is 13.8. The summed E-state index contributed by atoms with van der Waals surface area (Å²) in [7, 11) is 0. The van der Waals surface area contributed by atoms with E-state index in [4.69, 9.17) is 14.6 Å². The number of ether oxygens (including phenoxy) is 2. The summed E-state index contributed by atoms with van der Waals surface area (Å²) >= 11 is 0. The largest absolute Gasteiger partial charge is 0.444 e. The first-order chi connectivity index (χ1) is 45.7. The number of rotatable bonds is 13. The van der Waals surface area contributed by atoms with Gasteiger partial charge in [-0.2, -0.15) is 10.2 Å². The van der Waals surface area contributed by atoms with Gasteiger partial charge < -0.3 is 44.8 Å². The molecule has 20 heteroatoms. The van der Waals surface area contributed by atoms with E-state index in [-0.39, 0.29) is 24.1 Å². The average molecular weight is 1260 g/mol. The van der Waals surface area contributed by atoms with E-state index in [2.05, 4.69) is 150 Å². The molecule has 5 aromatic carbocycles. The van der Waals surface area contributed by atoms with E-state index in [1.165, 1.54) is 44.5 Å². The maximum absolute atomic E-state index is 13.6. The monoisotopic (exact) mass is 1260 g/mol. The van der Waals surface area contributed by atoms with Crippen LogP contribution in [0.5, 0.6) is 0 Å². The number of carbonyl (C=O) groups is 3. The fourth-order valence-corrected chi connectivity index (χ4v) is 12.8. The maximum atomic E-state index is 13.6. The van der Waals surface area contributed by atoms with Crippen molar-refractivity contribution in [1.82, 2.24) is 75.2 Å². The van der Waals surface area contributed by atoms with Crippen molar-refractivity contribution in [2.75, 3.05) is 19.7 Å². The topological polar surface area (TPSA) is 233 Å². The van der Waals surface area contributed by atoms with Crippen molar-refractivity contribution in [3.8, 4) is 45.3 Å². The van der Waals surface area contributed by atoms with Crippen LogP contribution >= 0.6 is 0 Å². The molecular weight excluding hydrogens is 1180 g/mol. The number of benzene rings is 5. The van der Waals surface area contributed by atoms with Gasteiger partial charge in [0, 0.05) is 106 Å². The van der Waals surface area contributed by atoms with Gasteiger partial charge >= 0.3 is 6.09 Å². The van der Waals surface area contributed by atoms with Crippen LogP contribution in [0.2, 0.25) is 0 Å². The van der Waals surface area contributed by atoms with Crippen LogP contribution in [0.15, 0.2) is 146 Å². The van der Waals surface area contributed by atoms with Gasteiger partial charge in [0.1, 0.15) is 28.4 Å². The van der Waals surface area contributed by atoms with E-state index in [0.717, 1.165) is 101 Å². The van der Waals surface area contributed by atoms with E-state index in [0.29, 0.717) is 80.3 Å². The molecule has 6 aromatic heterocycles. The molecule has 0 bridgehead atoms. The highest BCUT2D eigenvalue weighted by Gasteiger charge is 2.30. The smallest absolute Gasteiger partial charge is 0.410 e. The van der Waals surface area contributed by atoms with Gasteiger partial charge in [0.15, 0.2) is 17.9 Å². The number of nitrogens with zero attached hydrogens (tertiary/aromatic N) is 10. The Morgan fingerprint density at radius 2 is 1.19 bits per heavy atom. The number of aromatic amines is 3. The van der Waals surface area contributed by atoms with Gasteiger partial charge in [-0.1, -0.05) is 91.9 Å². The minimum absolute atomic E-state index is 0.0651. The Hall–Kier alpha value is -10.2. The molecule has 5 N–H and O–H groups in total. The van der Waals surface area contributed by atoms with E-state index in [1.807, 2.05) is 97.3 Å². The predicted molar refractivity (Wildman–Crippen MR) is 362 cm³/mol. The van der Waals surface area contributed by atoms with Crippen molar-refractivity contribution in [2.24, 2.45) is 0 Å². The molecule has 94 heavy (non-hydrogen) atoms.